The molecule has 0 bridgehead atoms. The third-order valence-electron chi connectivity index (χ3n) is 8.11. The van der Waals surface area contributed by atoms with Crippen molar-refractivity contribution in [1.82, 2.24) is 15.1 Å². The van der Waals surface area contributed by atoms with Crippen molar-refractivity contribution in [3.63, 3.8) is 0 Å². The smallest absolute Gasteiger partial charge is 0.335 e. The van der Waals surface area contributed by atoms with E-state index in [0.29, 0.717) is 47.0 Å². The maximum Gasteiger partial charge on any atom is 0.335 e. The number of nitrogens with one attached hydrogen (secondary N) is 1. The zero-order chi connectivity index (χ0) is 29.7. The Balaban J connectivity index is 1.31. The normalized spacial score (nSPS) is 13.7. The molecule has 5 aromatic carbocycles. The third-order valence-corrected chi connectivity index (χ3v) is 8.11. The topological polar surface area (TPSA) is 84.2 Å². The summed E-state index contributed by atoms with van der Waals surface area (Å²) >= 11 is 0. The Labute approximate surface area is 245 Å². The lowest BCUT2D eigenvalue weighted by molar-refractivity contribution is 0.0696. The van der Waals surface area contributed by atoms with Gasteiger partial charge in [0.2, 0.25) is 0 Å². The molecule has 0 saturated heterocycles. The van der Waals surface area contributed by atoms with Crippen LogP contribution in [0.5, 0.6) is 0 Å². The van der Waals surface area contributed by atoms with Gasteiger partial charge in [-0.05, 0) is 88.3 Å². The molecule has 0 aliphatic heterocycles. The molecule has 0 unspecified atom stereocenters. The fraction of sp³-hybridized carbons (Fsp3) is 0.114. The molecule has 6 aromatic rings. The zero-order valence-corrected chi connectivity index (χ0v) is 22.9. The zero-order valence-electron chi connectivity index (χ0n) is 22.9. The van der Waals surface area contributed by atoms with Crippen LogP contribution in [0.4, 0.5) is 8.78 Å². The second-order valence-corrected chi connectivity index (χ2v) is 11.0. The van der Waals surface area contributed by atoms with Gasteiger partial charge >= 0.3 is 5.97 Å². The first-order valence-electron chi connectivity index (χ1n) is 13.9. The molecule has 2 N–H and O–H groups in total. The van der Waals surface area contributed by atoms with Gasteiger partial charge in [-0.25, -0.2) is 13.6 Å². The van der Waals surface area contributed by atoms with Crippen LogP contribution in [0.2, 0.25) is 0 Å². The van der Waals surface area contributed by atoms with Gasteiger partial charge in [-0.15, -0.1) is 0 Å². The van der Waals surface area contributed by atoms with Gasteiger partial charge in [0, 0.05) is 11.5 Å². The van der Waals surface area contributed by atoms with Crippen LogP contribution in [-0.2, 0) is 12.1 Å². The van der Waals surface area contributed by atoms with Crippen molar-refractivity contribution >= 4 is 33.6 Å². The Hall–Kier alpha value is -5.37. The first-order chi connectivity index (χ1) is 20.8. The number of aromatic carboxylic acids is 1. The number of amides is 1. The van der Waals surface area contributed by atoms with Gasteiger partial charge in [0.05, 0.1) is 34.9 Å². The van der Waals surface area contributed by atoms with Crippen molar-refractivity contribution in [2.24, 2.45) is 0 Å². The van der Waals surface area contributed by atoms with Gasteiger partial charge in [-0.3, -0.25) is 9.48 Å². The van der Waals surface area contributed by atoms with Gasteiger partial charge in [0.1, 0.15) is 11.6 Å². The molecule has 212 valence electrons. The number of carbonyl (C=O) groups excluding carboxylic acids is 1. The number of nitrogens with zero attached hydrogens (tertiary/aromatic N) is 2. The summed E-state index contributed by atoms with van der Waals surface area (Å²) in [7, 11) is 0. The standard InChI is InChI=1S/C35H25F2N3O3/c36-29-15-26(16-30(37)18-29)25-14-27-19-38-40(20-21-5-6-22-3-1-2-4-24(22)13-21)32(27)31(17-25)33(41)39-35(11-12-35)28-9-7-23(8-10-28)34(42)43/h1-10,13-19H,11-12,20H2,(H,39,41)(H,42,43). The van der Waals surface area contributed by atoms with E-state index in [9.17, 15) is 23.5 Å². The Morgan fingerprint density at radius 3 is 2.21 bits per heavy atom. The SMILES string of the molecule is O=C(O)c1ccc(C2(NC(=O)c3cc(-c4cc(F)cc(F)c4)cc4cnn(Cc5ccc6ccccc6c5)c34)CC2)cc1. The third kappa shape index (κ3) is 5.01. The summed E-state index contributed by atoms with van der Waals surface area (Å²) in [4.78, 5) is 25.4. The number of carbonyl (C=O) groups is 2. The summed E-state index contributed by atoms with van der Waals surface area (Å²) in [5.41, 5.74) is 3.06. The van der Waals surface area contributed by atoms with E-state index in [1.165, 1.54) is 24.3 Å². The van der Waals surface area contributed by atoms with Crippen molar-refractivity contribution in [1.29, 1.82) is 0 Å². The minimum absolute atomic E-state index is 0.167. The lowest BCUT2D eigenvalue weighted by Crippen LogP contribution is -2.35. The molecule has 43 heavy (non-hydrogen) atoms. The highest BCUT2D eigenvalue weighted by Gasteiger charge is 2.46. The number of benzene rings is 5. The average Bonchev–Trinajstić information content (AvgIpc) is 3.67. The van der Waals surface area contributed by atoms with Crippen LogP contribution in [0.25, 0.3) is 32.8 Å². The molecular formula is C35H25F2N3O3. The molecule has 1 aliphatic carbocycles. The summed E-state index contributed by atoms with van der Waals surface area (Å²) in [6, 6.07) is 27.4. The van der Waals surface area contributed by atoms with Crippen molar-refractivity contribution in [2.75, 3.05) is 0 Å². The Morgan fingerprint density at radius 2 is 1.51 bits per heavy atom. The Morgan fingerprint density at radius 1 is 0.814 bits per heavy atom. The predicted molar refractivity (Wildman–Crippen MR) is 160 cm³/mol. The van der Waals surface area contributed by atoms with Gasteiger partial charge in [-0.2, -0.15) is 5.10 Å². The number of carboxylic acid groups (broad SMARTS) is 1. The van der Waals surface area contributed by atoms with Gasteiger partial charge in [0.15, 0.2) is 0 Å². The first-order valence-corrected chi connectivity index (χ1v) is 13.9. The summed E-state index contributed by atoms with van der Waals surface area (Å²) in [5, 5.41) is 19.9. The minimum Gasteiger partial charge on any atom is -0.478 e. The Kier molecular flexibility index (Phi) is 6.27. The molecule has 1 amide bonds. The largest absolute Gasteiger partial charge is 0.478 e. The van der Waals surface area contributed by atoms with Crippen LogP contribution in [-0.4, -0.2) is 26.8 Å². The first kappa shape index (κ1) is 26.5. The highest BCUT2D eigenvalue weighted by molar-refractivity contribution is 6.08. The maximum absolute atomic E-state index is 14.2. The molecule has 1 heterocycles. The van der Waals surface area contributed by atoms with Crippen molar-refractivity contribution in [3.05, 3.63) is 137 Å². The van der Waals surface area contributed by atoms with E-state index in [2.05, 4.69) is 16.5 Å². The Bertz CT molecular complexity index is 2040. The monoisotopic (exact) mass is 573 g/mol. The van der Waals surface area contributed by atoms with E-state index in [4.69, 9.17) is 0 Å². The van der Waals surface area contributed by atoms with Gasteiger partial charge < -0.3 is 10.4 Å². The second-order valence-electron chi connectivity index (χ2n) is 11.0. The summed E-state index contributed by atoms with van der Waals surface area (Å²) < 4.78 is 30.1. The molecule has 1 fully saturated rings. The number of hydrogen-bond acceptors (Lipinski definition) is 3. The van der Waals surface area contributed by atoms with Crippen LogP contribution < -0.4 is 5.32 Å². The fourth-order valence-corrected chi connectivity index (χ4v) is 5.75. The highest BCUT2D eigenvalue weighted by Crippen LogP contribution is 2.46. The lowest BCUT2D eigenvalue weighted by atomic mass is 9.98. The fourth-order valence-electron chi connectivity index (χ4n) is 5.75. The number of hydrogen-bond donors (Lipinski definition) is 2. The van der Waals surface area contributed by atoms with Crippen LogP contribution in [0.15, 0.2) is 103 Å². The van der Waals surface area contributed by atoms with E-state index in [1.54, 1.807) is 35.1 Å². The van der Waals surface area contributed by atoms with Crippen LogP contribution in [0.1, 0.15) is 44.7 Å². The molecule has 8 heteroatoms. The van der Waals surface area contributed by atoms with E-state index in [-0.39, 0.29) is 11.5 Å². The van der Waals surface area contributed by atoms with Crippen LogP contribution >= 0.6 is 0 Å². The number of rotatable bonds is 7. The molecule has 1 aliphatic rings. The summed E-state index contributed by atoms with van der Waals surface area (Å²) in [6.07, 6.45) is 3.04. The van der Waals surface area contributed by atoms with E-state index < -0.39 is 23.1 Å². The molecule has 1 saturated carbocycles. The van der Waals surface area contributed by atoms with Crippen LogP contribution in [0, 0.1) is 11.6 Å². The van der Waals surface area contributed by atoms with Crippen molar-refractivity contribution in [3.8, 4) is 11.1 Å². The molecule has 6 nitrogen and oxygen atoms in total. The van der Waals surface area contributed by atoms with E-state index >= 15 is 0 Å². The van der Waals surface area contributed by atoms with Crippen molar-refractivity contribution in [2.45, 2.75) is 24.9 Å². The van der Waals surface area contributed by atoms with Crippen molar-refractivity contribution < 1.29 is 23.5 Å². The molecule has 0 radical (unpaired) electrons. The highest BCUT2D eigenvalue weighted by atomic mass is 19.1. The quantitative estimate of drug-likeness (QED) is 0.210. The lowest BCUT2D eigenvalue weighted by Gasteiger charge is -2.19. The van der Waals surface area contributed by atoms with Crippen LogP contribution in [0.3, 0.4) is 0 Å². The molecular weight excluding hydrogens is 548 g/mol. The molecule has 0 atom stereocenters. The minimum atomic E-state index is -1.02. The second kappa shape index (κ2) is 10.2. The van der Waals surface area contributed by atoms with Gasteiger partial charge in [0.25, 0.3) is 5.91 Å². The van der Waals surface area contributed by atoms with E-state index in [1.807, 2.05) is 36.4 Å². The van der Waals surface area contributed by atoms with E-state index in [0.717, 1.165) is 28.0 Å². The summed E-state index contributed by atoms with van der Waals surface area (Å²) in [5.74, 6) is -2.80. The molecule has 7 rings (SSSR count). The number of carboxylic acids is 1. The summed E-state index contributed by atoms with van der Waals surface area (Å²) in [6.45, 7) is 0.407. The number of fused-ring (bicyclic) bond motifs is 2. The van der Waals surface area contributed by atoms with Gasteiger partial charge in [-0.1, -0.05) is 48.5 Å². The predicted octanol–water partition coefficient (Wildman–Crippen LogP) is 7.30. The number of aromatic nitrogens is 2. The molecule has 0 spiro atoms. The maximum atomic E-state index is 14.2. The number of halogens is 2. The molecule has 1 aromatic heterocycles. The average molecular weight is 574 g/mol.